The van der Waals surface area contributed by atoms with Crippen LogP contribution in [0.3, 0.4) is 0 Å². The Morgan fingerprint density at radius 2 is 1.63 bits per heavy atom. The van der Waals surface area contributed by atoms with E-state index >= 15 is 0 Å². The van der Waals surface area contributed by atoms with E-state index < -0.39 is 0 Å². The Morgan fingerprint density at radius 1 is 0.895 bits per heavy atom. The highest BCUT2D eigenvalue weighted by Gasteiger charge is 2.17. The van der Waals surface area contributed by atoms with Crippen molar-refractivity contribution in [2.45, 2.75) is 52.9 Å². The zero-order valence-electron chi connectivity index (χ0n) is 21.7. The number of H-pyrrole nitrogens is 1. The fourth-order valence-corrected chi connectivity index (χ4v) is 4.74. The van der Waals surface area contributed by atoms with Crippen molar-refractivity contribution in [2.75, 3.05) is 0 Å². The molecule has 0 radical (unpaired) electrons. The number of imidazole rings is 1. The summed E-state index contributed by atoms with van der Waals surface area (Å²) in [7, 11) is 0. The van der Waals surface area contributed by atoms with E-state index in [9.17, 15) is 0 Å². The number of hydrogen-bond donors (Lipinski definition) is 1. The molecule has 0 aliphatic rings. The summed E-state index contributed by atoms with van der Waals surface area (Å²) in [5, 5.41) is 15.1. The molecule has 5 rings (SSSR count). The van der Waals surface area contributed by atoms with Crippen molar-refractivity contribution in [1.82, 2.24) is 30.2 Å². The van der Waals surface area contributed by atoms with Crippen LogP contribution in [0.4, 0.5) is 0 Å². The maximum atomic E-state index is 6.64. The van der Waals surface area contributed by atoms with Crippen LogP contribution in [-0.4, -0.2) is 30.2 Å². The number of ether oxygens (including phenoxy) is 1. The zero-order valence-corrected chi connectivity index (χ0v) is 22.4. The van der Waals surface area contributed by atoms with Gasteiger partial charge in [0, 0.05) is 18.5 Å². The molecule has 0 saturated carbocycles. The highest BCUT2D eigenvalue weighted by molar-refractivity contribution is 6.30. The van der Waals surface area contributed by atoms with Crippen molar-refractivity contribution < 1.29 is 4.74 Å². The summed E-state index contributed by atoms with van der Waals surface area (Å²) < 4.78 is 8.30. The van der Waals surface area contributed by atoms with Crippen LogP contribution in [0.2, 0.25) is 5.15 Å². The Balaban J connectivity index is 1.36. The van der Waals surface area contributed by atoms with E-state index in [2.05, 4.69) is 93.6 Å². The molecule has 0 unspecified atom stereocenters. The number of rotatable bonds is 11. The van der Waals surface area contributed by atoms with Crippen LogP contribution in [0.5, 0.6) is 0 Å². The van der Waals surface area contributed by atoms with E-state index in [1.807, 2.05) is 18.2 Å². The monoisotopic (exact) mass is 526 g/mol. The number of benzene rings is 3. The molecule has 38 heavy (non-hydrogen) atoms. The van der Waals surface area contributed by atoms with Gasteiger partial charge in [0.15, 0.2) is 5.15 Å². The summed E-state index contributed by atoms with van der Waals surface area (Å²) in [4.78, 5) is 4.71. The van der Waals surface area contributed by atoms with Crippen molar-refractivity contribution in [2.24, 2.45) is 0 Å². The van der Waals surface area contributed by atoms with Crippen molar-refractivity contribution in [1.29, 1.82) is 0 Å². The van der Waals surface area contributed by atoms with E-state index in [1.54, 1.807) is 0 Å². The Morgan fingerprint density at radius 3 is 2.34 bits per heavy atom. The molecule has 7 nitrogen and oxygen atoms in total. The second kappa shape index (κ2) is 12.2. The van der Waals surface area contributed by atoms with Gasteiger partial charge >= 0.3 is 0 Å². The van der Waals surface area contributed by atoms with Crippen LogP contribution < -0.4 is 0 Å². The van der Waals surface area contributed by atoms with Gasteiger partial charge in [0.2, 0.25) is 5.82 Å². The maximum absolute atomic E-state index is 6.64. The molecule has 2 heterocycles. The topological polar surface area (TPSA) is 81.5 Å². The Kier molecular flexibility index (Phi) is 8.26. The molecule has 0 bridgehead atoms. The van der Waals surface area contributed by atoms with Gasteiger partial charge < -0.3 is 9.30 Å². The fourth-order valence-electron chi connectivity index (χ4n) is 4.48. The average Bonchev–Trinajstić information content (AvgIpc) is 3.58. The minimum Gasteiger partial charge on any atom is -0.370 e. The Hall–Kier alpha value is -3.81. The molecule has 0 spiro atoms. The third kappa shape index (κ3) is 6.01. The van der Waals surface area contributed by atoms with E-state index in [1.165, 1.54) is 5.56 Å². The second-order valence-electron chi connectivity index (χ2n) is 9.41. The molecule has 194 valence electrons. The summed E-state index contributed by atoms with van der Waals surface area (Å²) in [5.74, 6) is 1.57. The summed E-state index contributed by atoms with van der Waals surface area (Å²) in [6.07, 6.45) is 3.03. The summed E-state index contributed by atoms with van der Waals surface area (Å²) >= 11 is 6.64. The first-order valence-corrected chi connectivity index (χ1v) is 13.3. The van der Waals surface area contributed by atoms with Crippen LogP contribution in [0.15, 0.2) is 72.8 Å². The van der Waals surface area contributed by atoms with Gasteiger partial charge in [-0.05, 0) is 40.8 Å². The molecule has 0 atom stereocenters. The number of nitrogens with one attached hydrogen (secondary N) is 1. The average molecular weight is 527 g/mol. The normalized spacial score (nSPS) is 11.2. The SMILES string of the molecule is CCCCc1nc(Cl)c(COCc2ccc(C)cc2)n1Cc1ccc(-c2ccccc2-c2nn[nH]n2)cc1. The lowest BCUT2D eigenvalue weighted by Gasteiger charge is -2.14. The van der Waals surface area contributed by atoms with Gasteiger partial charge in [0.25, 0.3) is 0 Å². The molecule has 1 N–H and O–H groups in total. The van der Waals surface area contributed by atoms with Gasteiger partial charge in [-0.15, -0.1) is 10.2 Å². The molecular formula is C30H31ClN6O. The molecule has 0 aliphatic heterocycles. The molecular weight excluding hydrogens is 496 g/mol. The van der Waals surface area contributed by atoms with Gasteiger partial charge in [-0.3, -0.25) is 0 Å². The van der Waals surface area contributed by atoms with Crippen LogP contribution >= 0.6 is 11.6 Å². The molecule has 0 amide bonds. The lowest BCUT2D eigenvalue weighted by atomic mass is 9.98. The van der Waals surface area contributed by atoms with Crippen LogP contribution in [0.25, 0.3) is 22.5 Å². The first-order valence-electron chi connectivity index (χ1n) is 12.9. The first-order chi connectivity index (χ1) is 18.6. The van der Waals surface area contributed by atoms with E-state index in [4.69, 9.17) is 21.3 Å². The van der Waals surface area contributed by atoms with Gasteiger partial charge in [-0.25, -0.2) is 4.98 Å². The summed E-state index contributed by atoms with van der Waals surface area (Å²) in [6, 6.07) is 25.0. The second-order valence-corrected chi connectivity index (χ2v) is 9.77. The predicted octanol–water partition coefficient (Wildman–Crippen LogP) is 6.80. The molecule has 0 saturated heterocycles. The maximum Gasteiger partial charge on any atom is 0.205 e. The number of tetrazole rings is 1. The van der Waals surface area contributed by atoms with Crippen molar-refractivity contribution in [3.8, 4) is 22.5 Å². The number of aromatic nitrogens is 6. The van der Waals surface area contributed by atoms with Crippen molar-refractivity contribution in [3.05, 3.63) is 106 Å². The molecule has 0 aliphatic carbocycles. The lowest BCUT2D eigenvalue weighted by Crippen LogP contribution is -2.10. The quantitative estimate of drug-likeness (QED) is 0.205. The highest BCUT2D eigenvalue weighted by Crippen LogP contribution is 2.30. The summed E-state index contributed by atoms with van der Waals surface area (Å²) in [6.45, 7) is 5.88. The minimum absolute atomic E-state index is 0.405. The van der Waals surface area contributed by atoms with Crippen LogP contribution in [-0.2, 0) is 30.9 Å². The third-order valence-corrected chi connectivity index (χ3v) is 6.91. The number of nitrogens with zero attached hydrogens (tertiary/aromatic N) is 5. The van der Waals surface area contributed by atoms with E-state index in [0.717, 1.165) is 58.6 Å². The van der Waals surface area contributed by atoms with Crippen LogP contribution in [0.1, 0.15) is 48.0 Å². The smallest absolute Gasteiger partial charge is 0.205 e. The van der Waals surface area contributed by atoms with Gasteiger partial charge in [-0.1, -0.05) is 103 Å². The molecule has 2 aromatic heterocycles. The molecule has 5 aromatic rings. The zero-order chi connectivity index (χ0) is 26.3. The Bertz CT molecular complexity index is 1460. The fraction of sp³-hybridized carbons (Fsp3) is 0.267. The van der Waals surface area contributed by atoms with Gasteiger partial charge in [0.1, 0.15) is 5.82 Å². The molecule has 3 aromatic carbocycles. The number of hydrogen-bond acceptors (Lipinski definition) is 5. The number of halogens is 1. The molecule has 0 fully saturated rings. The van der Waals surface area contributed by atoms with Crippen molar-refractivity contribution in [3.63, 3.8) is 0 Å². The highest BCUT2D eigenvalue weighted by atomic mass is 35.5. The largest absolute Gasteiger partial charge is 0.370 e. The van der Waals surface area contributed by atoms with Gasteiger partial charge in [-0.2, -0.15) is 5.21 Å². The standard InChI is InChI=1S/C30H31ClN6O/c1-3-4-9-28-32-29(31)27(20-38-19-23-12-10-21(2)11-13-23)37(28)18-22-14-16-24(17-15-22)25-7-5-6-8-26(25)30-33-35-36-34-30/h5-8,10-17H,3-4,9,18-20H2,1-2H3,(H,33,34,35,36). The van der Waals surface area contributed by atoms with Crippen molar-refractivity contribution >= 4 is 11.6 Å². The summed E-state index contributed by atoms with van der Waals surface area (Å²) in [5.41, 5.74) is 7.53. The number of aryl methyl sites for hydroxylation is 2. The minimum atomic E-state index is 0.405. The molecule has 8 heteroatoms. The van der Waals surface area contributed by atoms with E-state index in [0.29, 0.717) is 30.7 Å². The first kappa shape index (κ1) is 25.8. The number of aromatic amines is 1. The lowest BCUT2D eigenvalue weighted by molar-refractivity contribution is 0.102. The van der Waals surface area contributed by atoms with Gasteiger partial charge in [0.05, 0.1) is 18.9 Å². The number of unbranched alkanes of at least 4 members (excludes halogenated alkanes) is 1. The van der Waals surface area contributed by atoms with Crippen LogP contribution in [0, 0.1) is 6.92 Å². The Labute approximate surface area is 227 Å². The predicted molar refractivity (Wildman–Crippen MR) is 150 cm³/mol. The third-order valence-electron chi connectivity index (χ3n) is 6.60. The van der Waals surface area contributed by atoms with E-state index in [-0.39, 0.29) is 0 Å².